The predicted molar refractivity (Wildman–Crippen MR) is 298 cm³/mol. The van der Waals surface area contributed by atoms with Crippen LogP contribution >= 0.6 is 15.6 Å². The summed E-state index contributed by atoms with van der Waals surface area (Å²) in [4.78, 5) is 57.9. The van der Waals surface area contributed by atoms with E-state index in [0.717, 1.165) is 77.0 Å². The summed E-state index contributed by atoms with van der Waals surface area (Å²) < 4.78 is 60.5. The van der Waals surface area contributed by atoms with Gasteiger partial charge in [0.15, 0.2) is 6.10 Å². The van der Waals surface area contributed by atoms with Gasteiger partial charge in [-0.15, -0.1) is 0 Å². The highest BCUT2D eigenvalue weighted by Gasteiger charge is 2.29. The minimum Gasteiger partial charge on any atom is -0.463 e. The molecule has 444 valence electrons. The third-order valence-corrected chi connectivity index (χ3v) is 14.9. The largest absolute Gasteiger partial charge is 0.472 e. The van der Waals surface area contributed by atoms with Crippen molar-refractivity contribution in [3.8, 4) is 0 Å². The second kappa shape index (κ2) is 53.0. The van der Waals surface area contributed by atoms with E-state index in [1.54, 1.807) is 0 Å². The van der Waals surface area contributed by atoms with Crippen LogP contribution in [0.4, 0.5) is 0 Å². The summed E-state index contributed by atoms with van der Waals surface area (Å²) in [7, 11) is -9.73. The average molecular weight is 1110 g/mol. The highest BCUT2D eigenvalue weighted by molar-refractivity contribution is 7.47. The lowest BCUT2D eigenvalue weighted by Crippen LogP contribution is -2.30. The van der Waals surface area contributed by atoms with Gasteiger partial charge in [-0.25, -0.2) is 9.13 Å². The number of carbonyl (C=O) groups is 3. The van der Waals surface area contributed by atoms with Gasteiger partial charge < -0.3 is 34.2 Å². The fraction of sp³-hybridized carbons (Fsp3) is 0.912. The quantitative estimate of drug-likeness (QED) is 0.0146. The van der Waals surface area contributed by atoms with Crippen molar-refractivity contribution in [2.24, 2.45) is 0 Å². The number of carbonyl (C=O) groups excluding carboxylic acids is 3. The first-order valence-corrected chi connectivity index (χ1v) is 33.0. The minimum absolute atomic E-state index is 0.101. The molecule has 5 atom stereocenters. The van der Waals surface area contributed by atoms with Crippen LogP contribution in [0.15, 0.2) is 12.2 Å². The number of aliphatic hydroxyl groups is 2. The summed E-state index contributed by atoms with van der Waals surface area (Å²) in [5.41, 5.74) is 0. The molecule has 0 heterocycles. The van der Waals surface area contributed by atoms with E-state index in [2.05, 4.69) is 32.9 Å². The molecule has 0 spiro atoms. The Bertz CT molecular complexity index is 1450. The number of hydrogen-bond acceptors (Lipinski definition) is 14. The van der Waals surface area contributed by atoms with E-state index in [0.29, 0.717) is 19.3 Å². The maximum atomic E-state index is 12.8. The van der Waals surface area contributed by atoms with Crippen molar-refractivity contribution in [1.82, 2.24) is 0 Å². The lowest BCUT2D eigenvalue weighted by atomic mass is 10.0. The van der Waals surface area contributed by atoms with Gasteiger partial charge in [0.05, 0.1) is 26.4 Å². The number of allylic oxidation sites excluding steroid dienone is 2. The van der Waals surface area contributed by atoms with E-state index in [1.165, 1.54) is 141 Å². The zero-order chi connectivity index (χ0) is 55.4. The lowest BCUT2D eigenvalue weighted by Gasteiger charge is -2.21. The van der Waals surface area contributed by atoms with Crippen molar-refractivity contribution < 1.29 is 75.8 Å². The molecular formula is C57H110O16P2. The van der Waals surface area contributed by atoms with Gasteiger partial charge in [0.2, 0.25) is 0 Å². The second-order valence-corrected chi connectivity index (χ2v) is 23.4. The first-order valence-electron chi connectivity index (χ1n) is 30.0. The Morgan fingerprint density at radius 2 is 0.640 bits per heavy atom. The molecule has 0 aliphatic carbocycles. The summed E-state index contributed by atoms with van der Waals surface area (Å²) >= 11 is 0. The standard InChI is InChI=1S/C57H110O16P2/c1-4-7-10-13-16-19-22-24-25-27-30-31-34-37-40-43-55(60)67-46-52(58)47-69-74(63,64)70-48-53(59)49-71-75(65,66)72-51-54(73-57(62)45-42-39-36-33-28-21-18-15-12-9-6-3)50-68-56(61)44-41-38-35-32-29-26-23-20-17-14-11-8-5-2/h15,18,52-54,58-59H,4-14,16-17,19-51H2,1-3H3,(H,63,64)(H,65,66)/b18-15-. The third kappa shape index (κ3) is 54.0. The monoisotopic (exact) mass is 1110 g/mol. The van der Waals surface area contributed by atoms with Crippen LogP contribution in [0, 0.1) is 0 Å². The molecule has 0 saturated heterocycles. The van der Waals surface area contributed by atoms with Crippen LogP contribution in [-0.2, 0) is 55.8 Å². The molecule has 16 nitrogen and oxygen atoms in total. The second-order valence-electron chi connectivity index (χ2n) is 20.5. The number of aliphatic hydroxyl groups excluding tert-OH is 2. The van der Waals surface area contributed by atoms with Crippen LogP contribution < -0.4 is 0 Å². The molecule has 0 amide bonds. The van der Waals surface area contributed by atoms with Gasteiger partial charge in [0.1, 0.15) is 25.4 Å². The molecule has 5 unspecified atom stereocenters. The fourth-order valence-corrected chi connectivity index (χ4v) is 9.90. The molecule has 0 rings (SSSR count). The van der Waals surface area contributed by atoms with Gasteiger partial charge in [0.25, 0.3) is 0 Å². The Kier molecular flexibility index (Phi) is 51.8. The van der Waals surface area contributed by atoms with Gasteiger partial charge >= 0.3 is 33.6 Å². The first-order chi connectivity index (χ1) is 36.2. The Hall–Kier alpha value is -1.71. The summed E-state index contributed by atoms with van der Waals surface area (Å²) in [5, 5.41) is 20.4. The number of hydrogen-bond donors (Lipinski definition) is 4. The van der Waals surface area contributed by atoms with Gasteiger partial charge in [-0.05, 0) is 38.5 Å². The van der Waals surface area contributed by atoms with Gasteiger partial charge in [0, 0.05) is 19.3 Å². The molecule has 0 fully saturated rings. The van der Waals surface area contributed by atoms with Gasteiger partial charge in [-0.2, -0.15) is 0 Å². The number of phosphoric acid groups is 2. The Labute approximate surface area is 455 Å². The molecule has 75 heavy (non-hydrogen) atoms. The van der Waals surface area contributed by atoms with Gasteiger partial charge in [-0.3, -0.25) is 32.5 Å². The SMILES string of the molecule is CCCC/C=C\CCCCCCCC(=O)OC(COC(=O)CCCCCCCCCCCCCCC)COP(=O)(O)OCC(O)COP(=O)(O)OCC(O)COC(=O)CCCCCCCCCCCCCCCCC. The molecule has 0 radical (unpaired) electrons. The molecule has 0 aromatic carbocycles. The maximum absolute atomic E-state index is 12.8. The molecule has 0 aromatic heterocycles. The molecule has 0 aromatic rings. The van der Waals surface area contributed by atoms with E-state index >= 15 is 0 Å². The first kappa shape index (κ1) is 73.3. The van der Waals surface area contributed by atoms with E-state index in [4.69, 9.17) is 32.3 Å². The molecule has 0 bridgehead atoms. The van der Waals surface area contributed by atoms with Crippen LogP contribution in [0.5, 0.6) is 0 Å². The highest BCUT2D eigenvalue weighted by atomic mass is 31.2. The molecule has 18 heteroatoms. The minimum atomic E-state index is -4.90. The van der Waals surface area contributed by atoms with Crippen molar-refractivity contribution in [1.29, 1.82) is 0 Å². The van der Waals surface area contributed by atoms with E-state index in [9.17, 15) is 43.5 Å². The Morgan fingerprint density at radius 3 is 1.01 bits per heavy atom. The Balaban J connectivity index is 4.61. The van der Waals surface area contributed by atoms with Crippen LogP contribution in [0.25, 0.3) is 0 Å². The number of ether oxygens (including phenoxy) is 3. The van der Waals surface area contributed by atoms with Gasteiger partial charge in [-0.1, -0.05) is 232 Å². The summed E-state index contributed by atoms with van der Waals surface area (Å²) in [5.74, 6) is -1.56. The van der Waals surface area contributed by atoms with Crippen LogP contribution in [0.3, 0.4) is 0 Å². The molecular weight excluding hydrogens is 1000 g/mol. The number of rotatable bonds is 58. The Morgan fingerprint density at radius 1 is 0.360 bits per heavy atom. The van der Waals surface area contributed by atoms with Crippen LogP contribution in [0.2, 0.25) is 0 Å². The smallest absolute Gasteiger partial charge is 0.463 e. The predicted octanol–water partition coefficient (Wildman–Crippen LogP) is 15.2. The number of phosphoric ester groups is 2. The average Bonchev–Trinajstić information content (AvgIpc) is 3.38. The third-order valence-electron chi connectivity index (χ3n) is 13.0. The fourth-order valence-electron chi connectivity index (χ4n) is 8.32. The van der Waals surface area contributed by atoms with Crippen molar-refractivity contribution in [2.75, 3.05) is 39.6 Å². The van der Waals surface area contributed by atoms with Crippen LogP contribution in [-0.4, -0.2) is 95.9 Å². The van der Waals surface area contributed by atoms with Crippen LogP contribution in [0.1, 0.15) is 278 Å². The molecule has 0 aliphatic heterocycles. The summed E-state index contributed by atoms with van der Waals surface area (Å²) in [6.07, 6.45) is 42.9. The van der Waals surface area contributed by atoms with Crippen molar-refractivity contribution >= 4 is 33.6 Å². The van der Waals surface area contributed by atoms with Crippen molar-refractivity contribution in [3.63, 3.8) is 0 Å². The zero-order valence-electron chi connectivity index (χ0n) is 47.5. The topological polar surface area (TPSA) is 231 Å². The van der Waals surface area contributed by atoms with E-state index in [1.807, 2.05) is 0 Å². The maximum Gasteiger partial charge on any atom is 0.472 e. The lowest BCUT2D eigenvalue weighted by molar-refractivity contribution is -0.161. The van der Waals surface area contributed by atoms with Crippen molar-refractivity contribution in [2.45, 2.75) is 296 Å². The molecule has 0 saturated carbocycles. The highest BCUT2D eigenvalue weighted by Crippen LogP contribution is 2.45. The number of esters is 3. The molecule has 0 aliphatic rings. The van der Waals surface area contributed by atoms with Crippen molar-refractivity contribution in [3.05, 3.63) is 12.2 Å². The van der Waals surface area contributed by atoms with E-state index in [-0.39, 0.29) is 19.3 Å². The zero-order valence-corrected chi connectivity index (χ0v) is 49.3. The molecule has 4 N–H and O–H groups in total. The summed E-state index contributed by atoms with van der Waals surface area (Å²) in [6, 6.07) is 0. The summed E-state index contributed by atoms with van der Waals surface area (Å²) in [6.45, 7) is 2.64. The normalized spacial score (nSPS) is 14.6. The number of unbranched alkanes of at least 4 members (excludes halogenated alkanes) is 33. The van der Waals surface area contributed by atoms with E-state index < -0.39 is 91.5 Å².